The van der Waals surface area contributed by atoms with Crippen LogP contribution in [0.25, 0.3) is 0 Å². The second kappa shape index (κ2) is 5.88. The van der Waals surface area contributed by atoms with Crippen molar-refractivity contribution in [3.63, 3.8) is 0 Å². The van der Waals surface area contributed by atoms with Crippen molar-refractivity contribution in [2.24, 2.45) is 0 Å². The van der Waals surface area contributed by atoms with Crippen molar-refractivity contribution in [2.45, 2.75) is 0 Å². The molecule has 0 radical (unpaired) electrons. The minimum Gasteiger partial charge on any atom is -0.506 e. The topological polar surface area (TPSA) is 116 Å². The van der Waals surface area contributed by atoms with E-state index in [9.17, 15) is 19.5 Å². The molecule has 0 atom stereocenters. The molecule has 0 heterocycles. The number of carboxylic acids is 1. The maximum absolute atomic E-state index is 11.8. The number of rotatable bonds is 5. The van der Waals surface area contributed by atoms with E-state index in [-0.39, 0.29) is 28.4 Å². The van der Waals surface area contributed by atoms with Gasteiger partial charge < -0.3 is 20.8 Å². The van der Waals surface area contributed by atoms with Gasteiger partial charge in [-0.2, -0.15) is 0 Å². The summed E-state index contributed by atoms with van der Waals surface area (Å²) in [6, 6.07) is 12.5. The zero-order chi connectivity index (χ0) is 17.3. The summed E-state index contributed by atoms with van der Waals surface area (Å²) in [6.45, 7) is 0. The largest absolute Gasteiger partial charge is 0.506 e. The number of hydrogen-bond donors (Lipinski definition) is 4. The number of nitrogens with one attached hydrogen (secondary N) is 2. The molecule has 3 aromatic rings. The Morgan fingerprint density at radius 2 is 1.50 bits per heavy atom. The Morgan fingerprint density at radius 1 is 0.875 bits per heavy atom. The first-order valence-electron chi connectivity index (χ1n) is 6.96. The van der Waals surface area contributed by atoms with Gasteiger partial charge in [0.25, 0.3) is 10.9 Å². The van der Waals surface area contributed by atoms with Crippen molar-refractivity contribution in [2.75, 3.05) is 10.6 Å². The summed E-state index contributed by atoms with van der Waals surface area (Å²) in [4.78, 5) is 34.4. The van der Waals surface area contributed by atoms with Gasteiger partial charge in [0.2, 0.25) is 0 Å². The van der Waals surface area contributed by atoms with Gasteiger partial charge in [0.15, 0.2) is 0 Å². The lowest BCUT2D eigenvalue weighted by Crippen LogP contribution is -2.35. The van der Waals surface area contributed by atoms with Crippen LogP contribution in [0, 0.1) is 0 Å². The van der Waals surface area contributed by atoms with Crippen LogP contribution in [0.3, 0.4) is 0 Å². The molecule has 7 nitrogen and oxygen atoms in total. The van der Waals surface area contributed by atoms with Crippen LogP contribution < -0.4 is 21.5 Å². The predicted molar refractivity (Wildman–Crippen MR) is 89.4 cm³/mol. The van der Waals surface area contributed by atoms with E-state index in [2.05, 4.69) is 10.6 Å². The Labute approximate surface area is 135 Å². The Hall–Kier alpha value is -3.61. The molecule has 0 aliphatic carbocycles. The van der Waals surface area contributed by atoms with Crippen LogP contribution in [0.5, 0.6) is 5.75 Å². The smallest absolute Gasteiger partial charge is 0.335 e. The van der Waals surface area contributed by atoms with Gasteiger partial charge in [-0.25, -0.2) is 4.79 Å². The van der Waals surface area contributed by atoms with Crippen molar-refractivity contribution in [1.82, 2.24) is 0 Å². The molecule has 0 unspecified atom stereocenters. The number of hydrogen-bond acceptors (Lipinski definition) is 6. The number of carbonyl (C=O) groups is 1. The fourth-order valence-electron chi connectivity index (χ4n) is 2.20. The van der Waals surface area contributed by atoms with Crippen LogP contribution in [0.4, 0.5) is 22.7 Å². The molecule has 0 saturated carbocycles. The number of para-hydroxylation sites is 1. The normalized spacial score (nSPS) is 10.5. The molecule has 0 fully saturated rings. The minimum atomic E-state index is -1.18. The summed E-state index contributed by atoms with van der Waals surface area (Å²) >= 11 is 0. The van der Waals surface area contributed by atoms with Crippen molar-refractivity contribution in [3.05, 3.63) is 74.5 Å². The average Bonchev–Trinajstić information content (AvgIpc) is 2.59. The Kier molecular flexibility index (Phi) is 3.75. The Balaban J connectivity index is 1.89. The summed E-state index contributed by atoms with van der Waals surface area (Å²) in [5.41, 5.74) is -0.597. The van der Waals surface area contributed by atoms with Crippen molar-refractivity contribution < 1.29 is 15.0 Å². The van der Waals surface area contributed by atoms with E-state index >= 15 is 0 Å². The van der Waals surface area contributed by atoms with E-state index in [0.29, 0.717) is 5.69 Å². The lowest BCUT2D eigenvalue weighted by atomic mass is 10.1. The van der Waals surface area contributed by atoms with E-state index in [1.165, 1.54) is 12.1 Å². The lowest BCUT2D eigenvalue weighted by Gasteiger charge is -2.15. The fraction of sp³-hybridized carbons (Fsp3) is 0. The van der Waals surface area contributed by atoms with Crippen LogP contribution >= 0.6 is 0 Å². The van der Waals surface area contributed by atoms with Crippen LogP contribution in [-0.2, 0) is 0 Å². The van der Waals surface area contributed by atoms with Gasteiger partial charge in [-0.1, -0.05) is 18.2 Å². The van der Waals surface area contributed by atoms with Gasteiger partial charge in [0, 0.05) is 5.69 Å². The van der Waals surface area contributed by atoms with E-state index in [1.807, 2.05) is 6.07 Å². The molecule has 3 rings (SSSR count). The molecule has 0 saturated heterocycles. The first kappa shape index (κ1) is 15.3. The highest BCUT2D eigenvalue weighted by molar-refractivity contribution is 5.90. The highest BCUT2D eigenvalue weighted by Gasteiger charge is 2.22. The van der Waals surface area contributed by atoms with Crippen LogP contribution in [-0.4, -0.2) is 16.2 Å². The third kappa shape index (κ3) is 2.70. The zero-order valence-corrected chi connectivity index (χ0v) is 12.2. The standard InChI is InChI=1S/C17H12N2O5/c20-12-8-9(17(23)24)6-7-11(12)19-14-13(15(21)16(14)22)18-10-4-2-1-3-5-10/h1-8,18-20H,(H,23,24). The van der Waals surface area contributed by atoms with Crippen molar-refractivity contribution in [3.8, 4) is 5.75 Å². The van der Waals surface area contributed by atoms with E-state index in [4.69, 9.17) is 5.11 Å². The molecule has 24 heavy (non-hydrogen) atoms. The lowest BCUT2D eigenvalue weighted by molar-refractivity contribution is 0.0696. The average molecular weight is 324 g/mol. The van der Waals surface area contributed by atoms with E-state index in [0.717, 1.165) is 6.07 Å². The molecule has 0 aromatic heterocycles. The highest BCUT2D eigenvalue weighted by atomic mass is 16.4. The zero-order valence-electron chi connectivity index (χ0n) is 12.2. The number of phenolic OH excluding ortho intramolecular Hbond substituents is 1. The minimum absolute atomic E-state index is 0.0160. The number of aromatic hydroxyl groups is 1. The molecule has 120 valence electrons. The SMILES string of the molecule is O=C(O)c1ccc(Nc2c(Nc3ccccc3)c(=O)c2=O)c(O)c1. The molecule has 0 aliphatic rings. The quantitative estimate of drug-likeness (QED) is 0.420. The number of aromatic carboxylic acids is 1. The maximum Gasteiger partial charge on any atom is 0.335 e. The summed E-state index contributed by atoms with van der Waals surface area (Å²) in [5.74, 6) is -1.52. The number of anilines is 4. The third-order valence-electron chi connectivity index (χ3n) is 3.46. The van der Waals surface area contributed by atoms with Gasteiger partial charge in [0.05, 0.1) is 11.3 Å². The van der Waals surface area contributed by atoms with Crippen LogP contribution in [0.15, 0.2) is 58.1 Å². The van der Waals surface area contributed by atoms with Crippen LogP contribution in [0.2, 0.25) is 0 Å². The molecule has 0 bridgehead atoms. The van der Waals surface area contributed by atoms with E-state index < -0.39 is 16.8 Å². The van der Waals surface area contributed by atoms with Crippen LogP contribution in [0.1, 0.15) is 10.4 Å². The predicted octanol–water partition coefficient (Wildman–Crippen LogP) is 2.17. The third-order valence-corrected chi connectivity index (χ3v) is 3.46. The molecule has 7 heteroatoms. The van der Waals surface area contributed by atoms with Gasteiger partial charge in [-0.05, 0) is 30.3 Å². The van der Waals surface area contributed by atoms with Gasteiger partial charge in [-0.3, -0.25) is 9.59 Å². The molecule has 3 aromatic carbocycles. The summed E-state index contributed by atoms with van der Waals surface area (Å²) in [7, 11) is 0. The molecule has 0 spiro atoms. The molecular formula is C17H12N2O5. The Morgan fingerprint density at radius 3 is 2.08 bits per heavy atom. The second-order valence-corrected chi connectivity index (χ2v) is 5.06. The van der Waals surface area contributed by atoms with E-state index in [1.54, 1.807) is 24.3 Å². The fourth-order valence-corrected chi connectivity index (χ4v) is 2.20. The first-order valence-corrected chi connectivity index (χ1v) is 6.96. The highest BCUT2D eigenvalue weighted by Crippen LogP contribution is 2.30. The number of benzene rings is 2. The Bertz CT molecular complexity index is 988. The summed E-state index contributed by atoms with van der Waals surface area (Å²) in [6.07, 6.45) is 0. The number of carboxylic acid groups (broad SMARTS) is 1. The molecular weight excluding hydrogens is 312 g/mol. The van der Waals surface area contributed by atoms with Crippen molar-refractivity contribution >= 4 is 28.7 Å². The van der Waals surface area contributed by atoms with Crippen molar-refractivity contribution in [1.29, 1.82) is 0 Å². The monoisotopic (exact) mass is 324 g/mol. The van der Waals surface area contributed by atoms with Gasteiger partial charge in [-0.15, -0.1) is 0 Å². The molecule has 0 aliphatic heterocycles. The molecule has 4 N–H and O–H groups in total. The summed E-state index contributed by atoms with van der Waals surface area (Å²) in [5, 5.41) is 24.3. The van der Waals surface area contributed by atoms with Gasteiger partial charge >= 0.3 is 5.97 Å². The first-order chi connectivity index (χ1) is 11.5. The summed E-state index contributed by atoms with van der Waals surface area (Å²) < 4.78 is 0. The number of phenols is 1. The maximum atomic E-state index is 11.8. The second-order valence-electron chi connectivity index (χ2n) is 5.06. The van der Waals surface area contributed by atoms with Gasteiger partial charge in [0.1, 0.15) is 17.1 Å². The molecule has 0 amide bonds.